The van der Waals surface area contributed by atoms with E-state index in [1.165, 1.54) is 0 Å². The minimum atomic E-state index is -0.729. The van der Waals surface area contributed by atoms with Gasteiger partial charge in [0.1, 0.15) is 0 Å². The Morgan fingerprint density at radius 3 is 1.35 bits per heavy atom. The van der Waals surface area contributed by atoms with Crippen LogP contribution in [-0.4, -0.2) is 30.2 Å². The molecule has 0 aromatic heterocycles. The van der Waals surface area contributed by atoms with Gasteiger partial charge >= 0.3 is 50.1 Å². The molecule has 0 aliphatic heterocycles. The molecule has 0 aliphatic carbocycles. The van der Waals surface area contributed by atoms with Crippen LogP contribution in [0.1, 0.15) is 69.2 Å². The molecule has 0 radical (unpaired) electrons. The summed E-state index contributed by atoms with van der Waals surface area (Å²) in [4.78, 5) is 0. The van der Waals surface area contributed by atoms with Gasteiger partial charge in [0.15, 0.2) is 0 Å². The van der Waals surface area contributed by atoms with Crippen LogP contribution in [0.3, 0.4) is 0 Å². The van der Waals surface area contributed by atoms with Gasteiger partial charge in [-0.25, -0.2) is 12.4 Å². The standard InChI is InChI=1S/C10H20N2.C4H10N.C3H7N.ClH.W/c1-9(2,3)11-7-8-12-10(4,5)6;1-3-5-4-2;1-3(2)4;;/h7-8H,1-6H3;3-4H2,1-2H3;3H,1-2H3;1H;/q-2;-1;;;+1/p-1/b8-7-;;;;. The Hall–Kier alpha value is 0.0783. The molecular weight excluding hydrogens is 480 g/mol. The van der Waals surface area contributed by atoms with E-state index in [4.69, 9.17) is 9.42 Å². The van der Waals surface area contributed by atoms with Crippen molar-refractivity contribution >= 4 is 9.42 Å². The van der Waals surface area contributed by atoms with E-state index in [0.717, 1.165) is 13.1 Å². The average Bonchev–Trinajstić information content (AvgIpc) is 2.35. The average molecular weight is 517 g/mol. The molecule has 4 nitrogen and oxygen atoms in total. The van der Waals surface area contributed by atoms with Crippen molar-refractivity contribution < 1.29 is 17.3 Å². The largest absolute Gasteiger partial charge is 0.663 e. The summed E-state index contributed by atoms with van der Waals surface area (Å²) in [6.07, 6.45) is 3.54. The Labute approximate surface area is 157 Å². The van der Waals surface area contributed by atoms with Crippen molar-refractivity contribution in [3.63, 3.8) is 0 Å². The summed E-state index contributed by atoms with van der Waals surface area (Å²) in [7, 11) is 5.40. The molecule has 0 aromatic rings. The van der Waals surface area contributed by atoms with Gasteiger partial charge in [0, 0.05) is 0 Å². The third-order valence-electron chi connectivity index (χ3n) is 1.69. The Morgan fingerprint density at radius 1 is 0.913 bits per heavy atom. The van der Waals surface area contributed by atoms with E-state index < -0.39 is 17.3 Å². The molecule has 0 heterocycles. The molecule has 0 N–H and O–H groups in total. The molecule has 0 rings (SSSR count). The van der Waals surface area contributed by atoms with E-state index in [0.29, 0.717) is 6.04 Å². The number of nitrogens with zero attached hydrogens (tertiary/aromatic N) is 4. The summed E-state index contributed by atoms with van der Waals surface area (Å²) in [5.74, 6) is 0. The van der Waals surface area contributed by atoms with Gasteiger partial charge in [-0.2, -0.15) is 13.1 Å². The number of hydrogen-bond donors (Lipinski definition) is 0. The van der Waals surface area contributed by atoms with Crippen LogP contribution < -0.4 is 0 Å². The van der Waals surface area contributed by atoms with Crippen LogP contribution in [0.15, 0.2) is 15.9 Å². The van der Waals surface area contributed by atoms with Crippen LogP contribution in [-0.2, 0) is 17.3 Å². The second-order valence-electron chi connectivity index (χ2n) is 7.02. The smallest absolute Gasteiger partial charge is 0.0844 e. The summed E-state index contributed by atoms with van der Waals surface area (Å²) < 4.78 is 4.06. The van der Waals surface area contributed by atoms with Gasteiger partial charge in [0.25, 0.3) is 0 Å². The summed E-state index contributed by atoms with van der Waals surface area (Å²) in [6.45, 7) is 22.5. The van der Waals surface area contributed by atoms with Crippen molar-refractivity contribution in [3.8, 4) is 0 Å². The summed E-state index contributed by atoms with van der Waals surface area (Å²) in [5.41, 5.74) is 0.00775. The zero-order valence-corrected chi connectivity index (χ0v) is 20.4. The molecule has 0 aliphatic rings. The van der Waals surface area contributed by atoms with E-state index in [1.807, 2.05) is 27.7 Å². The van der Waals surface area contributed by atoms with Gasteiger partial charge < -0.3 is 16.0 Å². The minimum absolute atomic E-state index is 0.00387. The molecular formula is C17H37ClN4W-3. The first-order valence-corrected chi connectivity index (χ1v) is 13.0. The first-order valence-electron chi connectivity index (χ1n) is 8.09. The van der Waals surface area contributed by atoms with Crippen LogP contribution in [0.4, 0.5) is 0 Å². The molecule has 0 aromatic carbocycles. The van der Waals surface area contributed by atoms with Crippen LogP contribution in [0, 0.1) is 0 Å². The predicted molar refractivity (Wildman–Crippen MR) is 103 cm³/mol. The van der Waals surface area contributed by atoms with Crippen molar-refractivity contribution in [2.24, 2.45) is 3.50 Å². The van der Waals surface area contributed by atoms with E-state index in [9.17, 15) is 0 Å². The number of hydrogen-bond acceptors (Lipinski definition) is 1. The van der Waals surface area contributed by atoms with Crippen LogP contribution in [0.25, 0.3) is 16.0 Å². The Morgan fingerprint density at radius 2 is 1.26 bits per heavy atom. The maximum Gasteiger partial charge on any atom is -0.0844 e. The normalized spacial score (nSPS) is 11.8. The number of rotatable bonds is 5. The Bertz CT molecular complexity index is 272. The molecule has 0 bridgehead atoms. The van der Waals surface area contributed by atoms with Crippen molar-refractivity contribution in [1.29, 1.82) is 0 Å². The fraction of sp³-hybridized carbons (Fsp3) is 0.882. The van der Waals surface area contributed by atoms with E-state index in [1.54, 1.807) is 12.4 Å². The Balaban J connectivity index is -0.000000303. The molecule has 0 fully saturated rings. The second-order valence-corrected chi connectivity index (χ2v) is 9.41. The molecule has 0 saturated heterocycles. The molecule has 6 heteroatoms. The third kappa shape index (κ3) is 44.9. The van der Waals surface area contributed by atoms with Gasteiger partial charge in [-0.1, -0.05) is 55.4 Å². The van der Waals surface area contributed by atoms with E-state index >= 15 is 0 Å². The SMILES string of the molecule is CC(C)(C)[N-]/C=C\[N-]C(C)(C)C.CC(C)[N]=[W][Cl].CC[N-]CC. The van der Waals surface area contributed by atoms with Gasteiger partial charge in [-0.05, 0) is 0 Å². The van der Waals surface area contributed by atoms with Crippen molar-refractivity contribution in [1.82, 2.24) is 0 Å². The van der Waals surface area contributed by atoms with Gasteiger partial charge in [0.05, 0.1) is 0 Å². The van der Waals surface area contributed by atoms with E-state index in [-0.39, 0.29) is 11.1 Å². The van der Waals surface area contributed by atoms with Crippen LogP contribution >= 0.6 is 9.42 Å². The third-order valence-corrected chi connectivity index (χ3v) is 4.14. The van der Waals surface area contributed by atoms with Gasteiger partial charge in [-0.3, -0.25) is 0 Å². The summed E-state index contributed by atoms with van der Waals surface area (Å²) in [6, 6.07) is 0.465. The molecule has 0 saturated carbocycles. The number of halogens is 1. The van der Waals surface area contributed by atoms with Crippen molar-refractivity contribution in [2.75, 3.05) is 13.1 Å². The molecule has 0 amide bonds. The van der Waals surface area contributed by atoms with Crippen molar-refractivity contribution in [3.05, 3.63) is 28.4 Å². The zero-order valence-electron chi connectivity index (χ0n) is 16.7. The summed E-state index contributed by atoms with van der Waals surface area (Å²) in [5, 5.41) is 12.5. The first-order chi connectivity index (χ1) is 10.4. The Kier molecular flexibility index (Phi) is 20.5. The maximum absolute atomic E-state index is 5.40. The monoisotopic (exact) mass is 516 g/mol. The zero-order chi connectivity index (χ0) is 18.9. The minimum Gasteiger partial charge on any atom is -0.663 e. The summed E-state index contributed by atoms with van der Waals surface area (Å²) >= 11 is -0.729. The van der Waals surface area contributed by atoms with E-state index in [2.05, 4.69) is 61.0 Å². The molecule has 0 unspecified atom stereocenters. The fourth-order valence-corrected chi connectivity index (χ4v) is 2.69. The molecule has 23 heavy (non-hydrogen) atoms. The maximum atomic E-state index is 5.40. The fourth-order valence-electron chi connectivity index (χ4n) is 0.817. The van der Waals surface area contributed by atoms with Crippen LogP contribution in [0.5, 0.6) is 0 Å². The van der Waals surface area contributed by atoms with Crippen LogP contribution in [0.2, 0.25) is 0 Å². The molecule has 0 atom stereocenters. The quantitative estimate of drug-likeness (QED) is 0.377. The van der Waals surface area contributed by atoms with Gasteiger partial charge in [-0.15, -0.1) is 11.1 Å². The van der Waals surface area contributed by atoms with Crippen molar-refractivity contribution in [2.45, 2.75) is 86.4 Å². The topological polar surface area (TPSA) is 54.7 Å². The predicted octanol–water partition coefficient (Wildman–Crippen LogP) is 7.02. The first kappa shape index (κ1) is 27.9. The van der Waals surface area contributed by atoms with Gasteiger partial charge in [0.2, 0.25) is 0 Å². The second kappa shape index (κ2) is 16.9. The molecule has 0 spiro atoms. The molecule has 141 valence electrons.